The maximum Gasteiger partial charge on any atom is 0.164 e. The van der Waals surface area contributed by atoms with Gasteiger partial charge in [0.1, 0.15) is 0 Å². The Kier molecular flexibility index (Phi) is 8.47. The van der Waals surface area contributed by atoms with E-state index in [0.717, 1.165) is 72.1 Å². The summed E-state index contributed by atoms with van der Waals surface area (Å²) < 4.78 is 0. The average Bonchev–Trinajstić information content (AvgIpc) is 3.29. The first kappa shape index (κ1) is 33.0. The van der Waals surface area contributed by atoms with Gasteiger partial charge < -0.3 is 0 Å². The van der Waals surface area contributed by atoms with Crippen molar-refractivity contribution in [2.24, 2.45) is 0 Å². The molecule has 10 aromatic rings. The van der Waals surface area contributed by atoms with Crippen LogP contribution >= 0.6 is 0 Å². The third-order valence-corrected chi connectivity index (χ3v) is 10.3. The van der Waals surface area contributed by atoms with Crippen LogP contribution in [-0.2, 0) is 0 Å². The average molecular weight is 715 g/mol. The lowest BCUT2D eigenvalue weighted by Gasteiger charge is -2.14. The van der Waals surface area contributed by atoms with Crippen molar-refractivity contribution in [3.8, 4) is 78.8 Å². The first-order chi connectivity index (χ1) is 27.7. The first-order valence-corrected chi connectivity index (χ1v) is 18.8. The van der Waals surface area contributed by atoms with E-state index < -0.39 is 0 Å². The Bertz CT molecular complexity index is 2980. The van der Waals surface area contributed by atoms with Gasteiger partial charge in [-0.15, -0.1) is 0 Å². The van der Waals surface area contributed by atoms with Gasteiger partial charge in [0, 0.05) is 38.4 Å². The Morgan fingerprint density at radius 1 is 0.250 bits per heavy atom. The van der Waals surface area contributed by atoms with E-state index in [1.54, 1.807) is 0 Å². The van der Waals surface area contributed by atoms with Gasteiger partial charge in [0.15, 0.2) is 17.5 Å². The monoisotopic (exact) mass is 714 g/mol. The Balaban J connectivity index is 1.00. The summed E-state index contributed by atoms with van der Waals surface area (Å²) in [5, 5.41) is 3.51. The summed E-state index contributed by atoms with van der Waals surface area (Å²) in [7, 11) is 0. The molecule has 0 radical (unpaired) electrons. The van der Waals surface area contributed by atoms with Gasteiger partial charge in [-0.3, -0.25) is 0 Å². The van der Waals surface area contributed by atoms with E-state index in [2.05, 4.69) is 164 Å². The summed E-state index contributed by atoms with van der Waals surface area (Å²) in [5.41, 5.74) is 12.8. The number of pyridine rings is 1. The van der Waals surface area contributed by atoms with Gasteiger partial charge in [-0.25, -0.2) is 19.9 Å². The minimum absolute atomic E-state index is 0.633. The van der Waals surface area contributed by atoms with Crippen LogP contribution in [0.3, 0.4) is 0 Å². The molecule has 0 saturated heterocycles. The minimum Gasteiger partial charge on any atom is -0.247 e. The SMILES string of the molecule is c1ccc(-c2cccc(-c3nc(-c4ccccc4)nc(-c4ccc(-c5ccc(-c6cccc7c(-c8ccccc8)nc8ccccc8c67)cc5)cc4)n3)c2)cc1. The molecule has 0 aliphatic carbocycles. The lowest BCUT2D eigenvalue weighted by molar-refractivity contribution is 1.07. The van der Waals surface area contributed by atoms with E-state index in [1.165, 1.54) is 10.9 Å². The number of para-hydroxylation sites is 1. The summed E-state index contributed by atoms with van der Waals surface area (Å²) in [4.78, 5) is 20.1. The smallest absolute Gasteiger partial charge is 0.164 e. The summed E-state index contributed by atoms with van der Waals surface area (Å²) in [6, 6.07) is 71.7. The zero-order valence-corrected chi connectivity index (χ0v) is 30.4. The van der Waals surface area contributed by atoms with E-state index in [9.17, 15) is 0 Å². The summed E-state index contributed by atoms with van der Waals surface area (Å²) >= 11 is 0. The molecular formula is C52H34N4. The molecule has 8 aromatic carbocycles. The van der Waals surface area contributed by atoms with E-state index in [4.69, 9.17) is 19.9 Å². The molecular weight excluding hydrogens is 681 g/mol. The highest BCUT2D eigenvalue weighted by molar-refractivity contribution is 6.17. The Labute approximate surface area is 325 Å². The largest absolute Gasteiger partial charge is 0.247 e. The van der Waals surface area contributed by atoms with Crippen LogP contribution in [-0.4, -0.2) is 19.9 Å². The number of hydrogen-bond donors (Lipinski definition) is 0. The number of fused-ring (bicyclic) bond motifs is 3. The van der Waals surface area contributed by atoms with Crippen LogP contribution in [0, 0.1) is 0 Å². The van der Waals surface area contributed by atoms with Gasteiger partial charge in [-0.1, -0.05) is 194 Å². The van der Waals surface area contributed by atoms with Crippen molar-refractivity contribution in [2.75, 3.05) is 0 Å². The second-order valence-corrected chi connectivity index (χ2v) is 13.8. The molecule has 0 fully saturated rings. The van der Waals surface area contributed by atoms with Crippen molar-refractivity contribution < 1.29 is 0 Å². The fraction of sp³-hybridized carbons (Fsp3) is 0. The summed E-state index contributed by atoms with van der Waals surface area (Å²) in [5.74, 6) is 1.91. The molecule has 0 saturated carbocycles. The molecule has 0 aliphatic rings. The fourth-order valence-electron chi connectivity index (χ4n) is 7.53. The maximum atomic E-state index is 5.13. The Morgan fingerprint density at radius 3 is 1.34 bits per heavy atom. The van der Waals surface area contributed by atoms with Gasteiger partial charge in [-0.2, -0.15) is 0 Å². The molecule has 0 bridgehead atoms. The Hall–Kier alpha value is -7.56. The van der Waals surface area contributed by atoms with Crippen LogP contribution in [0.1, 0.15) is 0 Å². The topological polar surface area (TPSA) is 51.6 Å². The standard InChI is InChI=1S/C52H34N4/c1-4-14-35(15-5-1)42-20-12-21-43(34-42)52-55-50(40-18-8-3-9-19-40)54-51(56-52)41-32-28-37(29-33-41)36-26-30-38(31-27-36)44-23-13-24-46-48(44)45-22-10-11-25-47(45)53-49(46)39-16-6-2-7-17-39/h1-34H. The normalized spacial score (nSPS) is 11.2. The third-order valence-electron chi connectivity index (χ3n) is 10.3. The molecule has 0 N–H and O–H groups in total. The van der Waals surface area contributed by atoms with E-state index in [-0.39, 0.29) is 0 Å². The summed E-state index contributed by atoms with van der Waals surface area (Å²) in [6.45, 7) is 0. The quantitative estimate of drug-likeness (QED) is 0.154. The van der Waals surface area contributed by atoms with E-state index in [0.29, 0.717) is 17.5 Å². The lowest BCUT2D eigenvalue weighted by Crippen LogP contribution is -2.00. The fourth-order valence-corrected chi connectivity index (χ4v) is 7.53. The van der Waals surface area contributed by atoms with Gasteiger partial charge in [0.2, 0.25) is 0 Å². The molecule has 0 amide bonds. The third kappa shape index (κ3) is 6.29. The van der Waals surface area contributed by atoms with Crippen molar-refractivity contribution in [3.05, 3.63) is 206 Å². The van der Waals surface area contributed by atoms with Crippen LogP contribution in [0.2, 0.25) is 0 Å². The number of rotatable bonds is 7. The second kappa shape index (κ2) is 14.3. The molecule has 0 aliphatic heterocycles. The zero-order valence-electron chi connectivity index (χ0n) is 30.4. The second-order valence-electron chi connectivity index (χ2n) is 13.8. The van der Waals surface area contributed by atoms with E-state index >= 15 is 0 Å². The highest BCUT2D eigenvalue weighted by atomic mass is 15.0. The highest BCUT2D eigenvalue weighted by Crippen LogP contribution is 2.39. The van der Waals surface area contributed by atoms with Crippen molar-refractivity contribution in [1.29, 1.82) is 0 Å². The summed E-state index contributed by atoms with van der Waals surface area (Å²) in [6.07, 6.45) is 0. The van der Waals surface area contributed by atoms with Crippen LogP contribution in [0.15, 0.2) is 206 Å². The van der Waals surface area contributed by atoms with Gasteiger partial charge in [0.05, 0.1) is 11.2 Å². The van der Waals surface area contributed by atoms with Crippen LogP contribution < -0.4 is 0 Å². The zero-order chi connectivity index (χ0) is 37.3. The number of hydrogen-bond acceptors (Lipinski definition) is 4. The predicted octanol–water partition coefficient (Wildman–Crippen LogP) is 13.2. The highest BCUT2D eigenvalue weighted by Gasteiger charge is 2.16. The van der Waals surface area contributed by atoms with Crippen molar-refractivity contribution in [2.45, 2.75) is 0 Å². The molecule has 262 valence electrons. The molecule has 0 spiro atoms. The van der Waals surface area contributed by atoms with Crippen LogP contribution in [0.5, 0.6) is 0 Å². The van der Waals surface area contributed by atoms with E-state index in [1.807, 2.05) is 42.5 Å². The Morgan fingerprint density at radius 2 is 0.679 bits per heavy atom. The number of benzene rings is 8. The number of aromatic nitrogens is 4. The number of nitrogens with zero attached hydrogens (tertiary/aromatic N) is 4. The van der Waals surface area contributed by atoms with Gasteiger partial charge in [0.25, 0.3) is 0 Å². The molecule has 10 rings (SSSR count). The minimum atomic E-state index is 0.633. The molecule has 2 aromatic heterocycles. The van der Waals surface area contributed by atoms with Crippen LogP contribution in [0.25, 0.3) is 100 Å². The van der Waals surface area contributed by atoms with Crippen LogP contribution in [0.4, 0.5) is 0 Å². The van der Waals surface area contributed by atoms with Crippen molar-refractivity contribution >= 4 is 21.7 Å². The van der Waals surface area contributed by atoms with Crippen molar-refractivity contribution in [3.63, 3.8) is 0 Å². The molecule has 2 heterocycles. The molecule has 4 nitrogen and oxygen atoms in total. The lowest BCUT2D eigenvalue weighted by atomic mass is 9.92. The molecule has 56 heavy (non-hydrogen) atoms. The van der Waals surface area contributed by atoms with Gasteiger partial charge >= 0.3 is 0 Å². The van der Waals surface area contributed by atoms with Gasteiger partial charge in [-0.05, 0) is 45.5 Å². The predicted molar refractivity (Wildman–Crippen MR) is 231 cm³/mol. The molecule has 0 atom stereocenters. The molecule has 4 heteroatoms. The van der Waals surface area contributed by atoms with Crippen molar-refractivity contribution in [1.82, 2.24) is 19.9 Å². The molecule has 0 unspecified atom stereocenters. The maximum absolute atomic E-state index is 5.13. The first-order valence-electron chi connectivity index (χ1n) is 18.8.